The Balaban J connectivity index is 3.16. The second-order valence-electron chi connectivity index (χ2n) is 4.56. The van der Waals surface area contributed by atoms with Crippen molar-refractivity contribution < 1.29 is 9.13 Å². The Hall–Kier alpha value is -1.13. The summed E-state index contributed by atoms with van der Waals surface area (Å²) >= 11 is 0. The average molecular weight is 226 g/mol. The van der Waals surface area contributed by atoms with E-state index in [1.807, 2.05) is 13.8 Å². The number of ether oxygens (including phenoxy) is 1. The molecule has 0 bridgehead atoms. The highest BCUT2D eigenvalue weighted by molar-refractivity contribution is 5.37. The van der Waals surface area contributed by atoms with Gasteiger partial charge in [-0.15, -0.1) is 0 Å². The van der Waals surface area contributed by atoms with Crippen molar-refractivity contribution >= 4 is 0 Å². The van der Waals surface area contributed by atoms with Crippen LogP contribution >= 0.6 is 0 Å². The normalized spacial score (nSPS) is 13.6. The summed E-state index contributed by atoms with van der Waals surface area (Å²) in [5.41, 5.74) is 12.1. The Kier molecular flexibility index (Phi) is 3.88. The number of halogens is 1. The monoisotopic (exact) mass is 226 g/mol. The van der Waals surface area contributed by atoms with Crippen LogP contribution < -0.4 is 16.2 Å². The van der Waals surface area contributed by atoms with Crippen molar-refractivity contribution in [2.45, 2.75) is 19.9 Å². The highest BCUT2D eigenvalue weighted by Crippen LogP contribution is 2.35. The molecule has 1 rings (SSSR count). The van der Waals surface area contributed by atoms with Crippen LogP contribution in [0.5, 0.6) is 5.75 Å². The first-order chi connectivity index (χ1) is 7.42. The van der Waals surface area contributed by atoms with E-state index in [0.29, 0.717) is 17.9 Å². The minimum atomic E-state index is -0.358. The van der Waals surface area contributed by atoms with Crippen molar-refractivity contribution in [2.24, 2.45) is 16.9 Å². The van der Waals surface area contributed by atoms with Gasteiger partial charge in [0.1, 0.15) is 11.6 Å². The van der Waals surface area contributed by atoms with E-state index in [0.717, 1.165) is 0 Å². The number of rotatable bonds is 4. The molecule has 1 aromatic carbocycles. The second-order valence-corrected chi connectivity index (χ2v) is 4.56. The van der Waals surface area contributed by atoms with E-state index in [1.165, 1.54) is 12.1 Å². The molecule has 1 aromatic rings. The highest BCUT2D eigenvalue weighted by Gasteiger charge is 2.28. The van der Waals surface area contributed by atoms with Crippen LogP contribution in [0.3, 0.4) is 0 Å². The molecule has 0 saturated heterocycles. The van der Waals surface area contributed by atoms with Gasteiger partial charge in [-0.3, -0.25) is 0 Å². The molecule has 3 nitrogen and oxygen atoms in total. The zero-order valence-electron chi connectivity index (χ0n) is 9.96. The maximum Gasteiger partial charge on any atom is 0.123 e. The summed E-state index contributed by atoms with van der Waals surface area (Å²) in [6, 6.07) is 3.98. The van der Waals surface area contributed by atoms with Gasteiger partial charge < -0.3 is 16.2 Å². The van der Waals surface area contributed by atoms with Gasteiger partial charge in [0.25, 0.3) is 0 Å². The molecule has 0 aliphatic heterocycles. The molecular formula is C12H19FN2O. The fourth-order valence-electron chi connectivity index (χ4n) is 1.50. The summed E-state index contributed by atoms with van der Waals surface area (Å²) in [6.07, 6.45) is 0. The Morgan fingerprint density at radius 2 is 2.06 bits per heavy atom. The molecule has 0 fully saturated rings. The van der Waals surface area contributed by atoms with Crippen LogP contribution in [0.4, 0.5) is 4.39 Å². The first kappa shape index (κ1) is 12.9. The van der Waals surface area contributed by atoms with Crippen molar-refractivity contribution in [1.29, 1.82) is 0 Å². The molecule has 0 aliphatic rings. The van der Waals surface area contributed by atoms with E-state index >= 15 is 0 Å². The predicted molar refractivity (Wildman–Crippen MR) is 62.7 cm³/mol. The number of nitrogens with two attached hydrogens (primary N) is 2. The lowest BCUT2D eigenvalue weighted by atomic mass is 9.81. The average Bonchev–Trinajstić information content (AvgIpc) is 2.28. The number of methoxy groups -OCH3 is 1. The van der Waals surface area contributed by atoms with Gasteiger partial charge in [-0.25, -0.2) is 4.39 Å². The lowest BCUT2D eigenvalue weighted by molar-refractivity contribution is 0.291. The maximum atomic E-state index is 13.2. The van der Waals surface area contributed by atoms with E-state index in [4.69, 9.17) is 16.2 Å². The molecule has 0 aliphatic carbocycles. The van der Waals surface area contributed by atoms with Gasteiger partial charge in [0.05, 0.1) is 7.11 Å². The molecule has 0 spiro atoms. The highest BCUT2D eigenvalue weighted by atomic mass is 19.1. The molecule has 16 heavy (non-hydrogen) atoms. The number of hydrogen-bond acceptors (Lipinski definition) is 3. The van der Waals surface area contributed by atoms with Crippen LogP contribution in [0.25, 0.3) is 0 Å². The van der Waals surface area contributed by atoms with Gasteiger partial charge in [-0.05, 0) is 30.2 Å². The largest absolute Gasteiger partial charge is 0.496 e. The zero-order chi connectivity index (χ0) is 12.3. The lowest BCUT2D eigenvalue weighted by Gasteiger charge is -2.31. The van der Waals surface area contributed by atoms with Crippen molar-refractivity contribution in [1.82, 2.24) is 0 Å². The van der Waals surface area contributed by atoms with Crippen molar-refractivity contribution in [3.63, 3.8) is 0 Å². The standard InChI is InChI=1S/C12H19FN2O/c1-12(2,7-14)11(15)9-6-8(13)4-5-10(9)16-3/h4-6,11H,7,14-15H2,1-3H3. The first-order valence-electron chi connectivity index (χ1n) is 5.21. The smallest absolute Gasteiger partial charge is 0.123 e. The van der Waals surface area contributed by atoms with Crippen LogP contribution in [0, 0.1) is 11.2 Å². The third kappa shape index (κ3) is 2.51. The molecule has 4 N–H and O–H groups in total. The molecule has 0 radical (unpaired) electrons. The van der Waals surface area contributed by atoms with Crippen LogP contribution in [-0.2, 0) is 0 Å². The van der Waals surface area contributed by atoms with E-state index in [2.05, 4.69) is 0 Å². The topological polar surface area (TPSA) is 61.3 Å². The van der Waals surface area contributed by atoms with Gasteiger partial charge in [0.2, 0.25) is 0 Å². The molecule has 90 valence electrons. The van der Waals surface area contributed by atoms with Crippen molar-refractivity contribution in [3.8, 4) is 5.75 Å². The molecule has 1 unspecified atom stereocenters. The fraction of sp³-hybridized carbons (Fsp3) is 0.500. The fourth-order valence-corrected chi connectivity index (χ4v) is 1.50. The number of hydrogen-bond donors (Lipinski definition) is 2. The summed E-state index contributed by atoms with van der Waals surface area (Å²) in [5, 5.41) is 0. The van der Waals surface area contributed by atoms with Gasteiger partial charge in [0.15, 0.2) is 0 Å². The number of benzene rings is 1. The van der Waals surface area contributed by atoms with E-state index in [-0.39, 0.29) is 17.3 Å². The third-order valence-electron chi connectivity index (χ3n) is 2.89. The SMILES string of the molecule is COc1ccc(F)cc1C(N)C(C)(C)CN. The van der Waals surface area contributed by atoms with Gasteiger partial charge in [-0.1, -0.05) is 13.8 Å². The Labute approximate surface area is 95.6 Å². The maximum absolute atomic E-state index is 13.2. The molecule has 0 aromatic heterocycles. The molecule has 0 amide bonds. The quantitative estimate of drug-likeness (QED) is 0.823. The summed E-state index contributed by atoms with van der Waals surface area (Å²) < 4.78 is 18.4. The van der Waals surface area contributed by atoms with E-state index in [9.17, 15) is 4.39 Å². The Morgan fingerprint density at radius 3 is 2.56 bits per heavy atom. The van der Waals surface area contributed by atoms with E-state index < -0.39 is 0 Å². The Morgan fingerprint density at radius 1 is 1.44 bits per heavy atom. The molecule has 0 heterocycles. The summed E-state index contributed by atoms with van der Waals surface area (Å²) in [7, 11) is 1.54. The molecule has 4 heteroatoms. The minimum absolute atomic E-state index is 0.304. The molecule has 1 atom stereocenters. The zero-order valence-corrected chi connectivity index (χ0v) is 9.96. The lowest BCUT2D eigenvalue weighted by Crippen LogP contribution is -2.36. The summed E-state index contributed by atoms with van der Waals surface area (Å²) in [4.78, 5) is 0. The van der Waals surface area contributed by atoms with Crippen molar-refractivity contribution in [2.75, 3.05) is 13.7 Å². The Bertz CT molecular complexity index is 366. The summed E-state index contributed by atoms with van der Waals surface area (Å²) in [5.74, 6) is 0.273. The molecular weight excluding hydrogens is 207 g/mol. The second kappa shape index (κ2) is 4.80. The third-order valence-corrected chi connectivity index (χ3v) is 2.89. The van der Waals surface area contributed by atoms with E-state index in [1.54, 1.807) is 13.2 Å². The minimum Gasteiger partial charge on any atom is -0.496 e. The summed E-state index contributed by atoms with van der Waals surface area (Å²) in [6.45, 7) is 4.32. The molecule has 0 saturated carbocycles. The van der Waals surface area contributed by atoms with Gasteiger partial charge >= 0.3 is 0 Å². The predicted octanol–water partition coefficient (Wildman–Crippen LogP) is 1.82. The first-order valence-corrected chi connectivity index (χ1v) is 5.21. The van der Waals surface area contributed by atoms with Crippen molar-refractivity contribution in [3.05, 3.63) is 29.6 Å². The van der Waals surface area contributed by atoms with Crippen LogP contribution in [0.15, 0.2) is 18.2 Å². The van der Waals surface area contributed by atoms with Crippen LogP contribution in [0.1, 0.15) is 25.5 Å². The van der Waals surface area contributed by atoms with Gasteiger partial charge in [-0.2, -0.15) is 0 Å². The van der Waals surface area contributed by atoms with Gasteiger partial charge in [0, 0.05) is 11.6 Å². The van der Waals surface area contributed by atoms with Crippen LogP contribution in [0.2, 0.25) is 0 Å². The van der Waals surface area contributed by atoms with Crippen LogP contribution in [-0.4, -0.2) is 13.7 Å².